The summed E-state index contributed by atoms with van der Waals surface area (Å²) >= 11 is 0. The fourth-order valence-electron chi connectivity index (χ4n) is 0.923. The first-order chi connectivity index (χ1) is 5.66. The van der Waals surface area contributed by atoms with Crippen molar-refractivity contribution in [3.63, 3.8) is 0 Å². The Labute approximate surface area is 75.8 Å². The van der Waals surface area contributed by atoms with Crippen molar-refractivity contribution in [2.75, 3.05) is 13.2 Å². The van der Waals surface area contributed by atoms with E-state index >= 15 is 0 Å². The molecule has 2 nitrogen and oxygen atoms in total. The van der Waals surface area contributed by atoms with E-state index in [0.29, 0.717) is 6.10 Å². The minimum Gasteiger partial charge on any atom is -0.378 e. The van der Waals surface area contributed by atoms with Crippen LogP contribution in [-0.4, -0.2) is 19.3 Å². The van der Waals surface area contributed by atoms with Crippen molar-refractivity contribution in [1.29, 1.82) is 0 Å². The molecule has 0 fully saturated rings. The van der Waals surface area contributed by atoms with Crippen LogP contribution in [0.2, 0.25) is 0 Å². The Morgan fingerprint density at radius 3 is 2.75 bits per heavy atom. The van der Waals surface area contributed by atoms with Crippen molar-refractivity contribution in [1.82, 2.24) is 0 Å². The molecule has 0 bridgehead atoms. The SMILES string of the molecule is C=C(C)CCOC(C)CCCN. The zero-order valence-corrected chi connectivity index (χ0v) is 8.31. The van der Waals surface area contributed by atoms with Crippen molar-refractivity contribution in [3.05, 3.63) is 12.2 Å². The Hall–Kier alpha value is -0.340. The van der Waals surface area contributed by atoms with Gasteiger partial charge in [0.05, 0.1) is 12.7 Å². The first-order valence-electron chi connectivity index (χ1n) is 4.63. The molecule has 0 amide bonds. The molecule has 1 atom stereocenters. The zero-order chi connectivity index (χ0) is 9.40. The van der Waals surface area contributed by atoms with E-state index in [2.05, 4.69) is 13.5 Å². The summed E-state index contributed by atoms with van der Waals surface area (Å²) in [5, 5.41) is 0. The van der Waals surface area contributed by atoms with Crippen LogP contribution in [0.4, 0.5) is 0 Å². The van der Waals surface area contributed by atoms with E-state index < -0.39 is 0 Å². The van der Waals surface area contributed by atoms with Crippen molar-refractivity contribution in [3.8, 4) is 0 Å². The lowest BCUT2D eigenvalue weighted by Gasteiger charge is -2.11. The summed E-state index contributed by atoms with van der Waals surface area (Å²) in [6.07, 6.45) is 3.42. The Morgan fingerprint density at radius 1 is 1.58 bits per heavy atom. The maximum absolute atomic E-state index is 5.54. The standard InChI is InChI=1S/C10H21NO/c1-9(2)6-8-12-10(3)5-4-7-11/h10H,1,4-8,11H2,2-3H3. The molecule has 0 aromatic rings. The minimum atomic E-state index is 0.341. The molecule has 0 aromatic heterocycles. The van der Waals surface area contributed by atoms with Crippen LogP contribution < -0.4 is 5.73 Å². The van der Waals surface area contributed by atoms with Gasteiger partial charge >= 0.3 is 0 Å². The van der Waals surface area contributed by atoms with Gasteiger partial charge in [0.2, 0.25) is 0 Å². The van der Waals surface area contributed by atoms with Crippen molar-refractivity contribution in [2.24, 2.45) is 5.73 Å². The second kappa shape index (κ2) is 7.32. The van der Waals surface area contributed by atoms with E-state index in [9.17, 15) is 0 Å². The average Bonchev–Trinajstić information content (AvgIpc) is 2.00. The van der Waals surface area contributed by atoms with E-state index in [-0.39, 0.29) is 0 Å². The number of rotatable bonds is 7. The van der Waals surface area contributed by atoms with Crippen molar-refractivity contribution < 1.29 is 4.74 Å². The first kappa shape index (κ1) is 11.7. The topological polar surface area (TPSA) is 35.2 Å². The van der Waals surface area contributed by atoms with Crippen molar-refractivity contribution >= 4 is 0 Å². The van der Waals surface area contributed by atoms with E-state index in [1.165, 1.54) is 5.57 Å². The largest absolute Gasteiger partial charge is 0.378 e. The van der Waals surface area contributed by atoms with Crippen molar-refractivity contribution in [2.45, 2.75) is 39.2 Å². The number of nitrogens with two attached hydrogens (primary N) is 1. The van der Waals surface area contributed by atoms with E-state index in [4.69, 9.17) is 10.5 Å². The lowest BCUT2D eigenvalue weighted by atomic mass is 10.2. The fraction of sp³-hybridized carbons (Fsp3) is 0.800. The highest BCUT2D eigenvalue weighted by molar-refractivity contribution is 4.87. The third-order valence-corrected chi connectivity index (χ3v) is 1.75. The Balaban J connectivity index is 3.19. The van der Waals surface area contributed by atoms with Crippen LogP contribution in [-0.2, 0) is 4.74 Å². The highest BCUT2D eigenvalue weighted by Crippen LogP contribution is 2.03. The summed E-state index contributed by atoms with van der Waals surface area (Å²) < 4.78 is 5.54. The van der Waals surface area contributed by atoms with E-state index in [0.717, 1.165) is 32.4 Å². The minimum absolute atomic E-state index is 0.341. The van der Waals surface area contributed by atoms with Gasteiger partial charge in [0.1, 0.15) is 0 Å². The fourth-order valence-corrected chi connectivity index (χ4v) is 0.923. The molecule has 0 aliphatic carbocycles. The van der Waals surface area contributed by atoms with Gasteiger partial charge in [0, 0.05) is 0 Å². The molecule has 12 heavy (non-hydrogen) atoms. The molecule has 1 unspecified atom stereocenters. The molecule has 0 aliphatic heterocycles. The Morgan fingerprint density at radius 2 is 2.25 bits per heavy atom. The highest BCUT2D eigenvalue weighted by Gasteiger charge is 2.00. The second-order valence-electron chi connectivity index (χ2n) is 3.32. The average molecular weight is 171 g/mol. The highest BCUT2D eigenvalue weighted by atomic mass is 16.5. The zero-order valence-electron chi connectivity index (χ0n) is 8.31. The third-order valence-electron chi connectivity index (χ3n) is 1.75. The molecule has 2 N–H and O–H groups in total. The van der Waals surface area contributed by atoms with Gasteiger partial charge in [-0.25, -0.2) is 0 Å². The normalized spacial score (nSPS) is 12.9. The number of hydrogen-bond donors (Lipinski definition) is 1. The molecule has 0 heterocycles. The number of hydrogen-bond acceptors (Lipinski definition) is 2. The van der Waals surface area contributed by atoms with Crippen LogP contribution in [0.5, 0.6) is 0 Å². The molecule has 0 aromatic carbocycles. The molecule has 0 saturated heterocycles. The first-order valence-corrected chi connectivity index (χ1v) is 4.63. The van der Waals surface area contributed by atoms with Crippen LogP contribution in [0.15, 0.2) is 12.2 Å². The second-order valence-corrected chi connectivity index (χ2v) is 3.32. The smallest absolute Gasteiger partial charge is 0.0547 e. The molecule has 0 radical (unpaired) electrons. The third kappa shape index (κ3) is 7.76. The van der Waals surface area contributed by atoms with Gasteiger partial charge < -0.3 is 10.5 Å². The van der Waals surface area contributed by atoms with Gasteiger partial charge in [0.15, 0.2) is 0 Å². The molecule has 0 saturated carbocycles. The molecule has 0 spiro atoms. The molecular weight excluding hydrogens is 150 g/mol. The monoisotopic (exact) mass is 171 g/mol. The predicted octanol–water partition coefficient (Wildman–Crippen LogP) is 2.10. The summed E-state index contributed by atoms with van der Waals surface area (Å²) in [7, 11) is 0. The van der Waals surface area contributed by atoms with Crippen LogP contribution in [0.3, 0.4) is 0 Å². The predicted molar refractivity (Wildman–Crippen MR) is 53.1 cm³/mol. The summed E-state index contributed by atoms with van der Waals surface area (Å²) in [6, 6.07) is 0. The maximum Gasteiger partial charge on any atom is 0.0547 e. The van der Waals surface area contributed by atoms with E-state index in [1.807, 2.05) is 6.92 Å². The van der Waals surface area contributed by atoms with Gasteiger partial charge in [-0.05, 0) is 39.7 Å². The Kier molecular flexibility index (Phi) is 7.11. The van der Waals surface area contributed by atoms with E-state index in [1.54, 1.807) is 0 Å². The van der Waals surface area contributed by atoms with Gasteiger partial charge in [0.25, 0.3) is 0 Å². The van der Waals surface area contributed by atoms with Crippen LogP contribution in [0, 0.1) is 0 Å². The lowest BCUT2D eigenvalue weighted by molar-refractivity contribution is 0.0617. The van der Waals surface area contributed by atoms with Gasteiger partial charge in [-0.1, -0.05) is 5.57 Å². The molecule has 2 heteroatoms. The van der Waals surface area contributed by atoms with Gasteiger partial charge in [-0.2, -0.15) is 0 Å². The summed E-state index contributed by atoms with van der Waals surface area (Å²) in [4.78, 5) is 0. The lowest BCUT2D eigenvalue weighted by Crippen LogP contribution is -2.11. The quantitative estimate of drug-likeness (QED) is 0.595. The van der Waals surface area contributed by atoms with Gasteiger partial charge in [-0.3, -0.25) is 0 Å². The molecule has 72 valence electrons. The molecule has 0 rings (SSSR count). The Bertz CT molecular complexity index is 123. The van der Waals surface area contributed by atoms with Crippen LogP contribution in [0.1, 0.15) is 33.1 Å². The maximum atomic E-state index is 5.54. The number of ether oxygens (including phenoxy) is 1. The van der Waals surface area contributed by atoms with Crippen LogP contribution >= 0.6 is 0 Å². The summed E-state index contributed by atoms with van der Waals surface area (Å²) in [6.45, 7) is 9.48. The van der Waals surface area contributed by atoms with Crippen LogP contribution in [0.25, 0.3) is 0 Å². The van der Waals surface area contributed by atoms with Gasteiger partial charge in [-0.15, -0.1) is 6.58 Å². The summed E-state index contributed by atoms with van der Waals surface area (Å²) in [5.41, 5.74) is 6.57. The summed E-state index contributed by atoms with van der Waals surface area (Å²) in [5.74, 6) is 0. The molecule has 0 aliphatic rings. The molecular formula is C10H21NO.